The fourth-order valence-electron chi connectivity index (χ4n) is 2.70. The van der Waals surface area contributed by atoms with Gasteiger partial charge in [0.05, 0.1) is 0 Å². The Hall–Kier alpha value is -1.08. The molecule has 0 amide bonds. The van der Waals surface area contributed by atoms with Crippen molar-refractivity contribution in [1.82, 2.24) is 5.32 Å². The largest absolute Gasteiger partial charge is 0.314 e. The van der Waals surface area contributed by atoms with E-state index in [4.69, 9.17) is 0 Å². The maximum atomic E-state index is 3.47. The van der Waals surface area contributed by atoms with Crippen molar-refractivity contribution in [2.24, 2.45) is 0 Å². The zero-order chi connectivity index (χ0) is 13.7. The summed E-state index contributed by atoms with van der Waals surface area (Å²) in [5, 5.41) is 3.47. The molecule has 2 rings (SSSR count). The van der Waals surface area contributed by atoms with Gasteiger partial charge in [-0.05, 0) is 55.3 Å². The van der Waals surface area contributed by atoms with Gasteiger partial charge in [0.15, 0.2) is 0 Å². The first-order chi connectivity index (χ1) is 9.18. The van der Waals surface area contributed by atoms with Crippen molar-refractivity contribution < 1.29 is 0 Å². The van der Waals surface area contributed by atoms with E-state index in [0.717, 1.165) is 18.9 Å². The van der Waals surface area contributed by atoms with Gasteiger partial charge in [0, 0.05) is 6.04 Å². The van der Waals surface area contributed by atoms with E-state index < -0.39 is 0 Å². The van der Waals surface area contributed by atoms with Gasteiger partial charge < -0.3 is 5.32 Å². The minimum atomic E-state index is 0.580. The Kier molecular flexibility index (Phi) is 5.21. The molecule has 1 aromatic carbocycles. The zero-order valence-electron chi connectivity index (χ0n) is 12.6. The first kappa shape index (κ1) is 14.3. The molecule has 104 valence electrons. The average Bonchev–Trinajstić information content (AvgIpc) is 2.33. The van der Waals surface area contributed by atoms with Gasteiger partial charge in [-0.1, -0.05) is 50.6 Å². The quantitative estimate of drug-likeness (QED) is 0.725. The van der Waals surface area contributed by atoms with Gasteiger partial charge in [-0.25, -0.2) is 0 Å². The molecule has 0 atom stereocenters. The summed E-state index contributed by atoms with van der Waals surface area (Å²) in [6.45, 7) is 7.72. The first-order valence-electron chi connectivity index (χ1n) is 7.68. The van der Waals surface area contributed by atoms with E-state index in [0.29, 0.717) is 6.04 Å². The predicted molar refractivity (Wildman–Crippen MR) is 84.4 cm³/mol. The lowest BCUT2D eigenvalue weighted by atomic mass is 9.77. The summed E-state index contributed by atoms with van der Waals surface area (Å²) in [4.78, 5) is 0. The molecule has 1 fully saturated rings. The van der Waals surface area contributed by atoms with Crippen molar-refractivity contribution >= 4 is 5.57 Å². The second-order valence-electron chi connectivity index (χ2n) is 6.00. The van der Waals surface area contributed by atoms with Gasteiger partial charge in [-0.3, -0.25) is 0 Å². The van der Waals surface area contributed by atoms with Crippen LogP contribution in [0.3, 0.4) is 0 Å². The molecule has 0 aliphatic heterocycles. The maximum Gasteiger partial charge on any atom is 0.00105 e. The van der Waals surface area contributed by atoms with Gasteiger partial charge in [-0.15, -0.1) is 0 Å². The van der Waals surface area contributed by atoms with Crippen LogP contribution in [0.4, 0.5) is 0 Å². The van der Waals surface area contributed by atoms with E-state index >= 15 is 0 Å². The second-order valence-corrected chi connectivity index (χ2v) is 6.00. The van der Waals surface area contributed by atoms with Crippen molar-refractivity contribution in [3.8, 4) is 0 Å². The van der Waals surface area contributed by atoms with Crippen LogP contribution in [0.15, 0.2) is 30.3 Å². The van der Waals surface area contributed by atoms with Crippen molar-refractivity contribution in [3.63, 3.8) is 0 Å². The van der Waals surface area contributed by atoms with Crippen molar-refractivity contribution in [2.45, 2.75) is 58.4 Å². The van der Waals surface area contributed by atoms with Crippen LogP contribution in [0.5, 0.6) is 0 Å². The molecule has 1 N–H and O–H groups in total. The highest BCUT2D eigenvalue weighted by Gasteiger charge is 2.21. The Bertz CT molecular complexity index is 427. The molecule has 1 heteroatoms. The normalized spacial score (nSPS) is 16.7. The minimum Gasteiger partial charge on any atom is -0.314 e. The fraction of sp³-hybridized carbons (Fsp3) is 0.556. The smallest absolute Gasteiger partial charge is 0.00105 e. The second kappa shape index (κ2) is 6.91. The van der Waals surface area contributed by atoms with Crippen LogP contribution >= 0.6 is 0 Å². The lowest BCUT2D eigenvalue weighted by molar-refractivity contribution is 0.419. The van der Waals surface area contributed by atoms with Crippen LogP contribution in [-0.4, -0.2) is 12.6 Å². The number of rotatable bonds is 6. The summed E-state index contributed by atoms with van der Waals surface area (Å²) in [6, 6.07) is 9.54. The molecular weight excluding hydrogens is 230 g/mol. The number of nitrogens with one attached hydrogen (secondary N) is 1. The van der Waals surface area contributed by atoms with Gasteiger partial charge >= 0.3 is 0 Å². The molecule has 1 aliphatic carbocycles. The molecule has 0 radical (unpaired) electrons. The number of hydrogen-bond donors (Lipinski definition) is 1. The maximum absolute atomic E-state index is 3.47. The number of allylic oxidation sites excluding steroid dienone is 1. The third-order valence-corrected chi connectivity index (χ3v) is 4.08. The predicted octanol–water partition coefficient (Wildman–Crippen LogP) is 4.75. The Balaban J connectivity index is 2.01. The van der Waals surface area contributed by atoms with E-state index in [9.17, 15) is 0 Å². The van der Waals surface area contributed by atoms with E-state index in [1.165, 1.54) is 30.4 Å². The van der Waals surface area contributed by atoms with Crippen LogP contribution in [0.25, 0.3) is 5.57 Å². The Morgan fingerprint density at radius 3 is 2.68 bits per heavy atom. The van der Waals surface area contributed by atoms with Crippen LogP contribution in [-0.2, 0) is 0 Å². The van der Waals surface area contributed by atoms with Gasteiger partial charge in [-0.2, -0.15) is 0 Å². The molecule has 1 saturated carbocycles. The van der Waals surface area contributed by atoms with Gasteiger partial charge in [0.25, 0.3) is 0 Å². The summed E-state index contributed by atoms with van der Waals surface area (Å²) in [5.74, 6) is 0.813. The lowest BCUT2D eigenvalue weighted by Gasteiger charge is -2.28. The van der Waals surface area contributed by atoms with E-state index in [1.807, 2.05) is 0 Å². The fourth-order valence-corrected chi connectivity index (χ4v) is 2.70. The van der Waals surface area contributed by atoms with Crippen LogP contribution < -0.4 is 5.32 Å². The van der Waals surface area contributed by atoms with Crippen molar-refractivity contribution in [1.29, 1.82) is 0 Å². The zero-order valence-corrected chi connectivity index (χ0v) is 12.6. The topological polar surface area (TPSA) is 12.0 Å². The van der Waals surface area contributed by atoms with E-state index in [-0.39, 0.29) is 0 Å². The summed E-state index contributed by atoms with van der Waals surface area (Å²) >= 11 is 0. The molecular formula is C18H27N. The Morgan fingerprint density at radius 1 is 1.32 bits per heavy atom. The standard InChI is InChI=1S/C18H27N/c1-14(2)19-13-7-8-15(3)17-11-4-5-12-18(17)16-9-6-10-16/h4-5,8,11-12,14,16,19H,6-7,9-10,13H2,1-3H3/b15-8-. The van der Waals surface area contributed by atoms with Gasteiger partial charge in [0.1, 0.15) is 0 Å². The number of hydrogen-bond acceptors (Lipinski definition) is 1. The minimum absolute atomic E-state index is 0.580. The SMILES string of the molecule is C/C(=C/CCNC(C)C)c1ccccc1C1CCC1. The highest BCUT2D eigenvalue weighted by atomic mass is 14.9. The summed E-state index contributed by atoms with van der Waals surface area (Å²) in [7, 11) is 0. The molecule has 0 heterocycles. The molecule has 0 aromatic heterocycles. The van der Waals surface area contributed by atoms with Crippen LogP contribution in [0.1, 0.15) is 63.5 Å². The third kappa shape index (κ3) is 3.94. The molecule has 0 bridgehead atoms. The van der Waals surface area contributed by atoms with E-state index in [2.05, 4.69) is 56.4 Å². The van der Waals surface area contributed by atoms with Crippen molar-refractivity contribution in [2.75, 3.05) is 6.54 Å². The van der Waals surface area contributed by atoms with Crippen LogP contribution in [0.2, 0.25) is 0 Å². The third-order valence-electron chi connectivity index (χ3n) is 4.08. The monoisotopic (exact) mass is 257 g/mol. The highest BCUT2D eigenvalue weighted by Crippen LogP contribution is 2.39. The molecule has 1 nitrogen and oxygen atoms in total. The summed E-state index contributed by atoms with van der Waals surface area (Å²) < 4.78 is 0. The number of benzene rings is 1. The summed E-state index contributed by atoms with van der Waals surface area (Å²) in [6.07, 6.45) is 7.65. The molecule has 0 spiro atoms. The van der Waals surface area contributed by atoms with Gasteiger partial charge in [0.2, 0.25) is 0 Å². The Labute approximate surface area is 118 Å². The first-order valence-corrected chi connectivity index (χ1v) is 7.68. The molecule has 1 aliphatic rings. The molecule has 0 unspecified atom stereocenters. The average molecular weight is 257 g/mol. The molecule has 1 aromatic rings. The Morgan fingerprint density at radius 2 is 2.05 bits per heavy atom. The lowest BCUT2D eigenvalue weighted by Crippen LogP contribution is -2.23. The highest BCUT2D eigenvalue weighted by molar-refractivity contribution is 5.67. The molecule has 19 heavy (non-hydrogen) atoms. The van der Waals surface area contributed by atoms with Crippen molar-refractivity contribution in [3.05, 3.63) is 41.5 Å². The van der Waals surface area contributed by atoms with E-state index in [1.54, 1.807) is 5.56 Å². The molecule has 0 saturated heterocycles. The van der Waals surface area contributed by atoms with Crippen LogP contribution in [0, 0.1) is 0 Å². The summed E-state index contributed by atoms with van der Waals surface area (Å²) in [5.41, 5.74) is 4.48.